The Labute approximate surface area is 154 Å². The maximum Gasteiger partial charge on any atom is 0.273 e. The molecule has 0 radical (unpaired) electrons. The number of pyridine rings is 1. The van der Waals surface area contributed by atoms with Gasteiger partial charge in [-0.15, -0.1) is 0 Å². The van der Waals surface area contributed by atoms with Gasteiger partial charge in [-0.25, -0.2) is 19.6 Å². The predicted octanol–water partition coefficient (Wildman–Crippen LogP) is 2.56. The number of nitrogens with one attached hydrogen (secondary N) is 1. The van der Waals surface area contributed by atoms with E-state index < -0.39 is 0 Å². The first kappa shape index (κ1) is 16.6. The summed E-state index contributed by atoms with van der Waals surface area (Å²) in [7, 11) is 0. The molecule has 0 spiro atoms. The molecule has 1 N–H and O–H groups in total. The van der Waals surface area contributed by atoms with Crippen LogP contribution >= 0.6 is 0 Å². The summed E-state index contributed by atoms with van der Waals surface area (Å²) in [6.45, 7) is 1.99. The van der Waals surface area contributed by atoms with Crippen molar-refractivity contribution < 1.29 is 9.21 Å². The minimum atomic E-state index is -0.313. The third-order valence-corrected chi connectivity index (χ3v) is 3.98. The average Bonchev–Trinajstić information content (AvgIpc) is 3.37. The van der Waals surface area contributed by atoms with Crippen molar-refractivity contribution >= 4 is 5.91 Å². The summed E-state index contributed by atoms with van der Waals surface area (Å²) in [4.78, 5) is 25.2. The van der Waals surface area contributed by atoms with Crippen molar-refractivity contribution in [2.75, 3.05) is 0 Å². The second-order valence-electron chi connectivity index (χ2n) is 5.80. The monoisotopic (exact) mass is 360 g/mol. The zero-order chi connectivity index (χ0) is 18.6. The molecule has 0 aliphatic heterocycles. The highest BCUT2D eigenvalue weighted by Crippen LogP contribution is 2.21. The third-order valence-electron chi connectivity index (χ3n) is 3.98. The Morgan fingerprint density at radius 3 is 2.81 bits per heavy atom. The highest BCUT2D eigenvalue weighted by molar-refractivity contribution is 5.93. The molecule has 134 valence electrons. The van der Waals surface area contributed by atoms with Gasteiger partial charge in [0, 0.05) is 23.9 Å². The van der Waals surface area contributed by atoms with Gasteiger partial charge in [-0.3, -0.25) is 4.79 Å². The number of aryl methyl sites for hydroxylation is 1. The van der Waals surface area contributed by atoms with Crippen molar-refractivity contribution in [2.45, 2.75) is 13.5 Å². The fraction of sp³-hybridized carbons (Fsp3) is 0.105. The van der Waals surface area contributed by atoms with Crippen LogP contribution in [0.2, 0.25) is 0 Å². The van der Waals surface area contributed by atoms with Crippen LogP contribution in [0.1, 0.15) is 21.8 Å². The Balaban J connectivity index is 1.52. The molecule has 0 aliphatic carbocycles. The highest BCUT2D eigenvalue weighted by atomic mass is 16.4. The number of oxazole rings is 1. The Morgan fingerprint density at radius 1 is 1.19 bits per heavy atom. The number of benzene rings is 1. The van der Waals surface area contributed by atoms with Gasteiger partial charge in [-0.2, -0.15) is 5.10 Å². The van der Waals surface area contributed by atoms with Crippen LogP contribution in [0.15, 0.2) is 65.7 Å². The van der Waals surface area contributed by atoms with Gasteiger partial charge in [0.2, 0.25) is 5.89 Å². The van der Waals surface area contributed by atoms with Crippen LogP contribution in [0.5, 0.6) is 0 Å². The largest absolute Gasteiger partial charge is 0.441 e. The molecule has 0 unspecified atom stereocenters. The SMILES string of the molecule is Cc1oc(-c2ccccc2)nc1C(=O)NCc1cccnc1-n1cncn1. The Kier molecular flexibility index (Phi) is 4.44. The van der Waals surface area contributed by atoms with Crippen LogP contribution in [-0.2, 0) is 6.54 Å². The summed E-state index contributed by atoms with van der Waals surface area (Å²) in [6.07, 6.45) is 4.65. The fourth-order valence-electron chi connectivity index (χ4n) is 2.66. The van der Waals surface area contributed by atoms with E-state index in [9.17, 15) is 4.79 Å². The lowest BCUT2D eigenvalue weighted by atomic mass is 10.2. The maximum atomic E-state index is 12.6. The summed E-state index contributed by atoms with van der Waals surface area (Å²) in [5.41, 5.74) is 1.89. The molecule has 0 aliphatic rings. The number of hydrogen-bond donors (Lipinski definition) is 1. The molecule has 3 aromatic heterocycles. The third kappa shape index (κ3) is 3.45. The van der Waals surface area contributed by atoms with Crippen molar-refractivity contribution in [3.8, 4) is 17.3 Å². The maximum absolute atomic E-state index is 12.6. The Morgan fingerprint density at radius 2 is 2.04 bits per heavy atom. The number of carbonyl (C=O) groups excluding carboxylic acids is 1. The molecule has 8 heteroatoms. The van der Waals surface area contributed by atoms with E-state index in [0.717, 1.165) is 11.1 Å². The number of hydrogen-bond acceptors (Lipinski definition) is 6. The summed E-state index contributed by atoms with van der Waals surface area (Å²) in [6, 6.07) is 13.1. The van der Waals surface area contributed by atoms with Gasteiger partial charge in [-0.1, -0.05) is 24.3 Å². The number of carbonyl (C=O) groups is 1. The quantitative estimate of drug-likeness (QED) is 0.587. The topological polar surface area (TPSA) is 98.7 Å². The van der Waals surface area contributed by atoms with Crippen LogP contribution in [0.3, 0.4) is 0 Å². The lowest BCUT2D eigenvalue weighted by molar-refractivity contribution is 0.0945. The number of aromatic nitrogens is 5. The van der Waals surface area contributed by atoms with E-state index in [1.165, 1.54) is 6.33 Å². The summed E-state index contributed by atoms with van der Waals surface area (Å²) >= 11 is 0. The van der Waals surface area contributed by atoms with E-state index in [-0.39, 0.29) is 18.1 Å². The van der Waals surface area contributed by atoms with E-state index in [4.69, 9.17) is 4.42 Å². The standard InChI is InChI=1S/C19H16N6O2/c1-13-16(24-19(27-13)14-6-3-2-4-7-14)18(26)22-10-15-8-5-9-21-17(15)25-12-20-11-23-25/h2-9,11-12H,10H2,1H3,(H,22,26). The van der Waals surface area contributed by atoms with Gasteiger partial charge in [0.05, 0.1) is 0 Å². The molecule has 0 fully saturated rings. The summed E-state index contributed by atoms with van der Waals surface area (Å²) in [5, 5.41) is 6.95. The van der Waals surface area contributed by atoms with Gasteiger partial charge in [0.1, 0.15) is 18.4 Å². The normalized spacial score (nSPS) is 10.7. The van der Waals surface area contributed by atoms with Gasteiger partial charge in [-0.05, 0) is 25.1 Å². The zero-order valence-electron chi connectivity index (χ0n) is 14.5. The molecule has 0 saturated carbocycles. The Bertz CT molecular complexity index is 1060. The smallest absolute Gasteiger partial charge is 0.273 e. The number of amides is 1. The van der Waals surface area contributed by atoms with E-state index in [1.807, 2.05) is 36.4 Å². The second-order valence-corrected chi connectivity index (χ2v) is 5.80. The van der Waals surface area contributed by atoms with Crippen molar-refractivity contribution in [3.63, 3.8) is 0 Å². The molecule has 1 amide bonds. The Hall–Kier alpha value is -3.81. The highest BCUT2D eigenvalue weighted by Gasteiger charge is 2.18. The molecule has 0 atom stereocenters. The molecule has 4 aromatic rings. The molecular weight excluding hydrogens is 344 g/mol. The summed E-state index contributed by atoms with van der Waals surface area (Å²) < 4.78 is 7.20. The minimum absolute atomic E-state index is 0.264. The van der Waals surface area contributed by atoms with Crippen molar-refractivity contribution in [1.29, 1.82) is 0 Å². The second kappa shape index (κ2) is 7.20. The first-order valence-corrected chi connectivity index (χ1v) is 8.32. The molecular formula is C19H16N6O2. The molecule has 0 bridgehead atoms. The zero-order valence-corrected chi connectivity index (χ0v) is 14.5. The van der Waals surface area contributed by atoms with Crippen molar-refractivity contribution in [3.05, 3.63) is 78.3 Å². The van der Waals surface area contributed by atoms with Crippen LogP contribution < -0.4 is 5.32 Å². The lowest BCUT2D eigenvalue weighted by Gasteiger charge is -2.08. The molecule has 3 heterocycles. The van der Waals surface area contributed by atoms with Gasteiger partial charge in [0.25, 0.3) is 5.91 Å². The first-order valence-electron chi connectivity index (χ1n) is 8.32. The first-order chi connectivity index (χ1) is 13.2. The van der Waals surface area contributed by atoms with Crippen molar-refractivity contribution in [2.24, 2.45) is 0 Å². The predicted molar refractivity (Wildman–Crippen MR) is 97.0 cm³/mol. The van der Waals surface area contributed by atoms with Crippen LogP contribution in [0.4, 0.5) is 0 Å². The van der Waals surface area contributed by atoms with Crippen LogP contribution in [0, 0.1) is 6.92 Å². The minimum Gasteiger partial charge on any atom is -0.441 e. The molecule has 1 aromatic carbocycles. The van der Waals surface area contributed by atoms with Gasteiger partial charge < -0.3 is 9.73 Å². The van der Waals surface area contributed by atoms with E-state index in [2.05, 4.69) is 25.4 Å². The number of rotatable bonds is 5. The van der Waals surface area contributed by atoms with Gasteiger partial charge in [0.15, 0.2) is 11.5 Å². The van der Waals surface area contributed by atoms with E-state index in [0.29, 0.717) is 17.5 Å². The molecule has 0 saturated heterocycles. The average molecular weight is 360 g/mol. The van der Waals surface area contributed by atoms with Crippen LogP contribution in [0.25, 0.3) is 17.3 Å². The molecule has 27 heavy (non-hydrogen) atoms. The van der Waals surface area contributed by atoms with Gasteiger partial charge >= 0.3 is 0 Å². The molecule has 8 nitrogen and oxygen atoms in total. The van der Waals surface area contributed by atoms with E-state index >= 15 is 0 Å². The molecule has 4 rings (SSSR count). The lowest BCUT2D eigenvalue weighted by Crippen LogP contribution is -2.24. The van der Waals surface area contributed by atoms with Crippen LogP contribution in [-0.4, -0.2) is 30.6 Å². The fourth-order valence-corrected chi connectivity index (χ4v) is 2.66. The van der Waals surface area contributed by atoms with Crippen molar-refractivity contribution in [1.82, 2.24) is 30.0 Å². The summed E-state index contributed by atoms with van der Waals surface area (Å²) in [5.74, 6) is 1.18. The van der Waals surface area contributed by atoms with E-state index in [1.54, 1.807) is 30.2 Å². The number of nitrogens with zero attached hydrogens (tertiary/aromatic N) is 5.